The Balaban J connectivity index is 1.47. The van der Waals surface area contributed by atoms with Crippen molar-refractivity contribution < 1.29 is 9.90 Å². The zero-order valence-electron chi connectivity index (χ0n) is 15.8. The lowest BCUT2D eigenvalue weighted by Crippen LogP contribution is -2.56. The zero-order valence-corrected chi connectivity index (χ0v) is 15.8. The molecule has 2 aromatic carbocycles. The van der Waals surface area contributed by atoms with Crippen LogP contribution in [0.3, 0.4) is 0 Å². The number of aliphatic hydroxyl groups excluding tert-OH is 1. The molecule has 0 bridgehead atoms. The Hall–Kier alpha value is -2.37. The predicted molar refractivity (Wildman–Crippen MR) is 107 cm³/mol. The van der Waals surface area contributed by atoms with Crippen molar-refractivity contribution >= 4 is 11.6 Å². The molecule has 1 amide bonds. The number of anilines is 1. The first-order valence-corrected chi connectivity index (χ1v) is 9.68. The van der Waals surface area contributed by atoms with Crippen LogP contribution < -0.4 is 10.6 Å². The molecule has 1 fully saturated rings. The summed E-state index contributed by atoms with van der Waals surface area (Å²) in [7, 11) is 0. The van der Waals surface area contributed by atoms with E-state index >= 15 is 0 Å². The van der Waals surface area contributed by atoms with Crippen LogP contribution in [0, 0.1) is 6.92 Å². The van der Waals surface area contributed by atoms with Crippen LogP contribution in [-0.2, 0) is 12.8 Å². The number of carbonyl (C=O) groups excluding carboxylic acids is 1. The van der Waals surface area contributed by atoms with Gasteiger partial charge in [-0.3, -0.25) is 9.69 Å². The summed E-state index contributed by atoms with van der Waals surface area (Å²) in [5.74, 6) is -0.386. The van der Waals surface area contributed by atoms with Crippen molar-refractivity contribution in [2.75, 3.05) is 31.1 Å². The summed E-state index contributed by atoms with van der Waals surface area (Å²) < 4.78 is 0. The number of benzene rings is 2. The fourth-order valence-electron chi connectivity index (χ4n) is 4.58. The molecule has 1 aliphatic carbocycles. The molecule has 27 heavy (non-hydrogen) atoms. The predicted octanol–water partition coefficient (Wildman–Crippen LogP) is 1.74. The molecule has 0 saturated carbocycles. The summed E-state index contributed by atoms with van der Waals surface area (Å²) in [5, 5.41) is 10.7. The molecule has 2 aliphatic rings. The van der Waals surface area contributed by atoms with E-state index in [9.17, 15) is 9.90 Å². The van der Waals surface area contributed by atoms with Gasteiger partial charge in [0.25, 0.3) is 5.91 Å². The van der Waals surface area contributed by atoms with Crippen LogP contribution >= 0.6 is 0 Å². The molecule has 0 spiro atoms. The number of amides is 1. The van der Waals surface area contributed by atoms with E-state index in [1.165, 1.54) is 16.7 Å². The lowest BCUT2D eigenvalue weighted by atomic mass is 9.83. The maximum absolute atomic E-state index is 11.7. The van der Waals surface area contributed by atoms with Crippen LogP contribution in [0.15, 0.2) is 42.5 Å². The summed E-state index contributed by atoms with van der Waals surface area (Å²) in [4.78, 5) is 16.4. The van der Waals surface area contributed by atoms with Gasteiger partial charge >= 0.3 is 0 Å². The maximum Gasteiger partial charge on any atom is 0.250 e. The first-order valence-electron chi connectivity index (χ1n) is 9.68. The third kappa shape index (κ3) is 3.45. The normalized spacial score (nSPS) is 23.1. The third-order valence-electron chi connectivity index (χ3n) is 6.09. The van der Waals surface area contributed by atoms with Crippen LogP contribution in [0.4, 0.5) is 5.69 Å². The van der Waals surface area contributed by atoms with Gasteiger partial charge in [-0.2, -0.15) is 0 Å². The molecular weight excluding hydrogens is 338 g/mol. The van der Waals surface area contributed by atoms with E-state index in [0.717, 1.165) is 44.7 Å². The van der Waals surface area contributed by atoms with E-state index in [0.29, 0.717) is 5.56 Å². The Morgan fingerprint density at radius 1 is 1.04 bits per heavy atom. The highest BCUT2D eigenvalue weighted by Gasteiger charge is 2.34. The Morgan fingerprint density at radius 2 is 1.78 bits per heavy atom. The van der Waals surface area contributed by atoms with Gasteiger partial charge < -0.3 is 15.7 Å². The molecule has 3 N–H and O–H groups in total. The number of hydrogen-bond acceptors (Lipinski definition) is 4. The number of aliphatic hydroxyl groups is 1. The molecule has 0 aromatic heterocycles. The van der Waals surface area contributed by atoms with E-state index < -0.39 is 0 Å². The third-order valence-corrected chi connectivity index (χ3v) is 6.09. The van der Waals surface area contributed by atoms with Crippen molar-refractivity contribution in [2.45, 2.75) is 31.9 Å². The minimum atomic E-state index is -0.386. The number of rotatable bonds is 3. The van der Waals surface area contributed by atoms with Crippen molar-refractivity contribution in [3.05, 3.63) is 64.7 Å². The number of para-hydroxylation sites is 1. The average molecular weight is 365 g/mol. The van der Waals surface area contributed by atoms with Crippen molar-refractivity contribution in [1.82, 2.24) is 4.90 Å². The number of carbonyl (C=O) groups is 1. The summed E-state index contributed by atoms with van der Waals surface area (Å²) >= 11 is 0. The van der Waals surface area contributed by atoms with E-state index in [1.807, 2.05) is 18.2 Å². The molecular formula is C22H27N3O2. The zero-order chi connectivity index (χ0) is 19.0. The maximum atomic E-state index is 11.7. The molecule has 142 valence electrons. The molecule has 0 radical (unpaired) electrons. The number of primary amides is 1. The van der Waals surface area contributed by atoms with Crippen molar-refractivity contribution in [3.8, 4) is 0 Å². The molecule has 5 heteroatoms. The molecule has 2 unspecified atom stereocenters. The van der Waals surface area contributed by atoms with Gasteiger partial charge in [-0.15, -0.1) is 0 Å². The van der Waals surface area contributed by atoms with Gasteiger partial charge in [0.05, 0.1) is 11.7 Å². The molecule has 1 saturated heterocycles. The Kier molecular flexibility index (Phi) is 4.89. The van der Waals surface area contributed by atoms with Crippen molar-refractivity contribution in [2.24, 2.45) is 5.73 Å². The van der Waals surface area contributed by atoms with E-state index in [1.54, 1.807) is 6.07 Å². The van der Waals surface area contributed by atoms with Crippen molar-refractivity contribution in [3.63, 3.8) is 0 Å². The van der Waals surface area contributed by atoms with E-state index in [-0.39, 0.29) is 18.1 Å². The topological polar surface area (TPSA) is 69.8 Å². The second kappa shape index (κ2) is 7.33. The molecule has 2 aromatic rings. The van der Waals surface area contributed by atoms with Crippen LogP contribution in [0.25, 0.3) is 0 Å². The van der Waals surface area contributed by atoms with Crippen molar-refractivity contribution in [1.29, 1.82) is 0 Å². The SMILES string of the molecule is Cc1cccc2c1CC(N1CCN(c3ccccc3C(N)=O)CC1)C(O)C2. The largest absolute Gasteiger partial charge is 0.391 e. The highest BCUT2D eigenvalue weighted by molar-refractivity contribution is 5.98. The lowest BCUT2D eigenvalue weighted by molar-refractivity contribution is 0.0394. The monoisotopic (exact) mass is 365 g/mol. The van der Waals surface area contributed by atoms with Crippen LogP contribution in [0.5, 0.6) is 0 Å². The fraction of sp³-hybridized carbons (Fsp3) is 0.409. The van der Waals surface area contributed by atoms with Gasteiger partial charge in [-0.05, 0) is 42.2 Å². The summed E-state index contributed by atoms with van der Waals surface area (Å²) in [5.41, 5.74) is 11.0. The number of fused-ring (bicyclic) bond motifs is 1. The quantitative estimate of drug-likeness (QED) is 0.869. The highest BCUT2D eigenvalue weighted by atomic mass is 16.3. The Labute approximate surface area is 160 Å². The summed E-state index contributed by atoms with van der Waals surface area (Å²) in [6.45, 7) is 5.56. The number of piperazine rings is 1. The van der Waals surface area contributed by atoms with Crippen LogP contribution in [0.1, 0.15) is 27.0 Å². The smallest absolute Gasteiger partial charge is 0.250 e. The number of nitrogens with two attached hydrogens (primary N) is 1. The van der Waals surface area contributed by atoms with E-state index in [2.05, 4.69) is 34.9 Å². The summed E-state index contributed by atoms with van der Waals surface area (Å²) in [6, 6.07) is 14.1. The van der Waals surface area contributed by atoms with Crippen LogP contribution in [-0.4, -0.2) is 54.2 Å². The standard InChI is InChI=1S/C22H27N3O2/c1-15-5-4-6-16-13-21(26)20(14-18(15)16)25-11-9-24(10-12-25)19-8-3-2-7-17(19)22(23)27/h2-8,20-21,26H,9-14H2,1H3,(H2,23,27). The molecule has 4 rings (SSSR count). The van der Waals surface area contributed by atoms with E-state index in [4.69, 9.17) is 5.73 Å². The minimum Gasteiger partial charge on any atom is -0.391 e. The Bertz CT molecular complexity index is 843. The average Bonchev–Trinajstić information content (AvgIpc) is 2.68. The Morgan fingerprint density at radius 3 is 2.52 bits per heavy atom. The highest BCUT2D eigenvalue weighted by Crippen LogP contribution is 2.29. The number of hydrogen-bond donors (Lipinski definition) is 2. The second-order valence-corrected chi connectivity index (χ2v) is 7.66. The van der Waals surface area contributed by atoms with Gasteiger partial charge in [0.1, 0.15) is 0 Å². The second-order valence-electron chi connectivity index (χ2n) is 7.66. The van der Waals surface area contributed by atoms with Gasteiger partial charge in [0, 0.05) is 44.3 Å². The molecule has 5 nitrogen and oxygen atoms in total. The van der Waals surface area contributed by atoms with Crippen LogP contribution in [0.2, 0.25) is 0 Å². The first-order chi connectivity index (χ1) is 13.0. The lowest BCUT2D eigenvalue weighted by Gasteiger charge is -2.44. The van der Waals surface area contributed by atoms with Gasteiger partial charge in [-0.25, -0.2) is 0 Å². The fourth-order valence-corrected chi connectivity index (χ4v) is 4.58. The van der Waals surface area contributed by atoms with Gasteiger partial charge in [-0.1, -0.05) is 30.3 Å². The van der Waals surface area contributed by atoms with Gasteiger partial charge in [0.2, 0.25) is 0 Å². The molecule has 1 aliphatic heterocycles. The number of aryl methyl sites for hydroxylation is 1. The number of nitrogens with zero attached hydrogens (tertiary/aromatic N) is 2. The molecule has 2 atom stereocenters. The summed E-state index contributed by atoms with van der Waals surface area (Å²) in [6.07, 6.45) is 1.30. The minimum absolute atomic E-state index is 0.159. The molecule has 1 heterocycles. The first kappa shape index (κ1) is 18.0. The van der Waals surface area contributed by atoms with Gasteiger partial charge in [0.15, 0.2) is 0 Å².